The van der Waals surface area contributed by atoms with Crippen molar-refractivity contribution in [1.82, 2.24) is 9.97 Å². The SMILES string of the molecule is C(=C/c1cccc(Nc2ccc(-c3nc(-c4ccccc4)c4ccccc4n3)cc2)c1-c1cccc2ccccc12)/Nc1ccccc1. The van der Waals surface area contributed by atoms with Gasteiger partial charge in [-0.3, -0.25) is 0 Å². The second kappa shape index (κ2) is 13.1. The summed E-state index contributed by atoms with van der Waals surface area (Å²) in [6.45, 7) is 0. The monoisotopic (exact) mass is 616 g/mol. The van der Waals surface area contributed by atoms with Crippen molar-refractivity contribution in [3.05, 3.63) is 182 Å². The van der Waals surface area contributed by atoms with Gasteiger partial charge >= 0.3 is 0 Å². The molecule has 0 saturated heterocycles. The average molecular weight is 617 g/mol. The maximum Gasteiger partial charge on any atom is 0.160 e. The van der Waals surface area contributed by atoms with Crippen molar-refractivity contribution in [2.45, 2.75) is 0 Å². The van der Waals surface area contributed by atoms with E-state index in [1.54, 1.807) is 0 Å². The molecule has 4 nitrogen and oxygen atoms in total. The van der Waals surface area contributed by atoms with Crippen molar-refractivity contribution in [3.63, 3.8) is 0 Å². The van der Waals surface area contributed by atoms with Crippen molar-refractivity contribution >= 4 is 44.8 Å². The third-order valence-electron chi connectivity index (χ3n) is 8.51. The van der Waals surface area contributed by atoms with Gasteiger partial charge in [-0.1, -0.05) is 121 Å². The summed E-state index contributed by atoms with van der Waals surface area (Å²) >= 11 is 0. The highest BCUT2D eigenvalue weighted by Crippen LogP contribution is 2.39. The van der Waals surface area contributed by atoms with E-state index in [2.05, 4.69) is 138 Å². The number of rotatable bonds is 8. The summed E-state index contributed by atoms with van der Waals surface area (Å²) in [6, 6.07) is 58.5. The number of hydrogen-bond donors (Lipinski definition) is 2. The van der Waals surface area contributed by atoms with E-state index in [0.717, 1.165) is 55.9 Å². The molecule has 0 aliphatic heterocycles. The Hall–Kier alpha value is -6.52. The molecule has 7 aromatic carbocycles. The zero-order chi connectivity index (χ0) is 32.1. The van der Waals surface area contributed by atoms with Gasteiger partial charge in [-0.15, -0.1) is 0 Å². The molecule has 8 aromatic rings. The first kappa shape index (κ1) is 28.9. The Balaban J connectivity index is 1.16. The van der Waals surface area contributed by atoms with Crippen LogP contribution in [0.25, 0.3) is 61.5 Å². The van der Waals surface area contributed by atoms with Crippen molar-refractivity contribution < 1.29 is 0 Å². The van der Waals surface area contributed by atoms with E-state index in [-0.39, 0.29) is 0 Å². The number of anilines is 3. The molecule has 0 aliphatic carbocycles. The maximum absolute atomic E-state index is 5.05. The number of benzene rings is 7. The number of hydrogen-bond acceptors (Lipinski definition) is 4. The fourth-order valence-corrected chi connectivity index (χ4v) is 6.20. The van der Waals surface area contributed by atoms with E-state index in [1.807, 2.05) is 54.7 Å². The van der Waals surface area contributed by atoms with E-state index in [4.69, 9.17) is 9.97 Å². The van der Waals surface area contributed by atoms with Crippen LogP contribution in [-0.2, 0) is 0 Å². The normalized spacial score (nSPS) is 11.2. The highest BCUT2D eigenvalue weighted by Gasteiger charge is 2.14. The minimum atomic E-state index is 0.702. The molecule has 8 rings (SSSR count). The van der Waals surface area contributed by atoms with Crippen LogP contribution in [0.1, 0.15) is 5.56 Å². The number of nitrogens with zero attached hydrogens (tertiary/aromatic N) is 2. The zero-order valence-corrected chi connectivity index (χ0v) is 26.2. The third-order valence-corrected chi connectivity index (χ3v) is 8.51. The molecule has 0 spiro atoms. The highest BCUT2D eigenvalue weighted by molar-refractivity contribution is 6.02. The van der Waals surface area contributed by atoms with Crippen LogP contribution in [0, 0.1) is 0 Å². The molecule has 1 heterocycles. The predicted octanol–water partition coefficient (Wildman–Crippen LogP) is 11.6. The molecule has 0 saturated carbocycles. The van der Waals surface area contributed by atoms with Crippen LogP contribution >= 0.6 is 0 Å². The molecule has 0 fully saturated rings. The summed E-state index contributed by atoms with van der Waals surface area (Å²) < 4.78 is 0. The fourth-order valence-electron chi connectivity index (χ4n) is 6.20. The predicted molar refractivity (Wildman–Crippen MR) is 202 cm³/mol. The molecule has 0 radical (unpaired) electrons. The molecular formula is C44H32N4. The Kier molecular flexibility index (Phi) is 7.87. The lowest BCUT2D eigenvalue weighted by Gasteiger charge is -2.17. The van der Waals surface area contributed by atoms with Crippen molar-refractivity contribution in [2.75, 3.05) is 10.6 Å². The van der Waals surface area contributed by atoms with Gasteiger partial charge in [0.2, 0.25) is 0 Å². The Morgan fingerprint density at radius 1 is 0.479 bits per heavy atom. The lowest BCUT2D eigenvalue weighted by atomic mass is 9.93. The first-order chi connectivity index (χ1) is 23.8. The van der Waals surface area contributed by atoms with Gasteiger partial charge in [-0.05, 0) is 76.5 Å². The number of aromatic nitrogens is 2. The molecular weight excluding hydrogens is 585 g/mol. The molecule has 228 valence electrons. The van der Waals surface area contributed by atoms with E-state index < -0.39 is 0 Å². The Labute approximate surface area is 280 Å². The largest absolute Gasteiger partial charge is 0.362 e. The molecule has 0 aliphatic rings. The van der Waals surface area contributed by atoms with Crippen LogP contribution in [0.5, 0.6) is 0 Å². The minimum Gasteiger partial charge on any atom is -0.362 e. The smallest absolute Gasteiger partial charge is 0.160 e. The highest BCUT2D eigenvalue weighted by atomic mass is 14.9. The second-order valence-corrected chi connectivity index (χ2v) is 11.6. The molecule has 0 amide bonds. The van der Waals surface area contributed by atoms with Crippen LogP contribution in [0.3, 0.4) is 0 Å². The number of para-hydroxylation sites is 2. The standard InChI is InChI=1S/C44H32N4/c1-3-14-33(15-4-1)43-39-21-9-10-23-40(39)47-44(48-43)34-25-27-36(28-26-34)46-41-24-12-17-32(29-30-45-35-18-5-2-6-19-35)42(41)38-22-11-16-31-13-7-8-20-37(31)38/h1-30,45-46H/b30-29-. The van der Waals surface area contributed by atoms with Crippen molar-refractivity contribution in [3.8, 4) is 33.8 Å². The average Bonchev–Trinajstić information content (AvgIpc) is 3.15. The van der Waals surface area contributed by atoms with Gasteiger partial charge in [0, 0.05) is 45.3 Å². The van der Waals surface area contributed by atoms with Crippen LogP contribution in [-0.4, -0.2) is 9.97 Å². The summed E-state index contributed by atoms with van der Waals surface area (Å²) in [7, 11) is 0. The summed E-state index contributed by atoms with van der Waals surface area (Å²) in [6.07, 6.45) is 4.14. The Morgan fingerprint density at radius 3 is 2.00 bits per heavy atom. The quantitative estimate of drug-likeness (QED) is 0.178. The van der Waals surface area contributed by atoms with Gasteiger partial charge in [-0.2, -0.15) is 0 Å². The van der Waals surface area contributed by atoms with Crippen LogP contribution in [0.4, 0.5) is 17.1 Å². The Bertz CT molecular complexity index is 2380. The molecule has 0 unspecified atom stereocenters. The van der Waals surface area contributed by atoms with Crippen molar-refractivity contribution in [1.29, 1.82) is 0 Å². The Morgan fingerprint density at radius 2 is 1.17 bits per heavy atom. The fraction of sp³-hybridized carbons (Fsp3) is 0. The molecule has 1 aromatic heterocycles. The number of fused-ring (bicyclic) bond motifs is 2. The second-order valence-electron chi connectivity index (χ2n) is 11.6. The summed E-state index contributed by atoms with van der Waals surface area (Å²) in [5.74, 6) is 0.702. The van der Waals surface area contributed by atoms with Gasteiger partial charge in [-0.25, -0.2) is 9.97 Å². The van der Waals surface area contributed by atoms with E-state index in [0.29, 0.717) is 5.82 Å². The van der Waals surface area contributed by atoms with Crippen LogP contribution in [0.2, 0.25) is 0 Å². The van der Waals surface area contributed by atoms with Gasteiger partial charge in [0.1, 0.15) is 0 Å². The molecule has 48 heavy (non-hydrogen) atoms. The van der Waals surface area contributed by atoms with Crippen LogP contribution < -0.4 is 10.6 Å². The summed E-state index contributed by atoms with van der Waals surface area (Å²) in [4.78, 5) is 10.00. The lowest BCUT2D eigenvalue weighted by Crippen LogP contribution is -1.98. The van der Waals surface area contributed by atoms with E-state index in [9.17, 15) is 0 Å². The van der Waals surface area contributed by atoms with E-state index in [1.165, 1.54) is 16.3 Å². The lowest BCUT2D eigenvalue weighted by molar-refractivity contribution is 1.23. The first-order valence-electron chi connectivity index (χ1n) is 16.1. The molecule has 2 N–H and O–H groups in total. The van der Waals surface area contributed by atoms with Crippen LogP contribution in [0.15, 0.2) is 176 Å². The third kappa shape index (κ3) is 5.91. The minimum absolute atomic E-state index is 0.702. The van der Waals surface area contributed by atoms with E-state index >= 15 is 0 Å². The maximum atomic E-state index is 5.05. The molecule has 4 heteroatoms. The van der Waals surface area contributed by atoms with Gasteiger partial charge in [0.05, 0.1) is 11.2 Å². The number of nitrogens with one attached hydrogen (secondary N) is 2. The molecule has 0 bridgehead atoms. The molecule has 0 atom stereocenters. The zero-order valence-electron chi connectivity index (χ0n) is 26.2. The topological polar surface area (TPSA) is 49.8 Å². The summed E-state index contributed by atoms with van der Waals surface area (Å²) in [5.41, 5.74) is 10.4. The first-order valence-corrected chi connectivity index (χ1v) is 16.1. The van der Waals surface area contributed by atoms with Gasteiger partial charge in [0.15, 0.2) is 5.82 Å². The summed E-state index contributed by atoms with van der Waals surface area (Å²) in [5, 5.41) is 10.6. The van der Waals surface area contributed by atoms with Crippen molar-refractivity contribution in [2.24, 2.45) is 0 Å². The van der Waals surface area contributed by atoms with Gasteiger partial charge in [0.25, 0.3) is 0 Å². The van der Waals surface area contributed by atoms with Gasteiger partial charge < -0.3 is 10.6 Å².